The van der Waals surface area contributed by atoms with E-state index in [1.165, 1.54) is 48.5 Å². The lowest BCUT2D eigenvalue weighted by Gasteiger charge is -2.21. The zero-order valence-electron chi connectivity index (χ0n) is 58.1. The van der Waals surface area contributed by atoms with E-state index in [2.05, 4.69) is 88.0 Å². The highest BCUT2D eigenvalue weighted by atomic mass is 15.0. The summed E-state index contributed by atoms with van der Waals surface area (Å²) in [5, 5.41) is 139. The number of benzene rings is 13. The molecule has 16 rings (SSSR count). The van der Waals surface area contributed by atoms with Crippen molar-refractivity contribution in [1.29, 1.82) is 68.4 Å². The van der Waals surface area contributed by atoms with Gasteiger partial charge in [0.1, 0.15) is 0 Å². The van der Waals surface area contributed by atoms with E-state index in [9.17, 15) is 68.4 Å². The molecule has 0 spiro atoms. The van der Waals surface area contributed by atoms with Gasteiger partial charge in [-0.1, -0.05) is 109 Å². The molecule has 16 aromatic rings. The zero-order valence-corrected chi connectivity index (χ0v) is 58.1. The highest BCUT2D eigenvalue weighted by Crippen LogP contribution is 2.48. The summed E-state index contributed by atoms with van der Waals surface area (Å²) < 4.78 is 4.13. The second kappa shape index (κ2) is 28.1. The summed E-state index contributed by atoms with van der Waals surface area (Å²) in [6, 6.07) is 99.8. The predicted octanol–water partition coefficient (Wildman–Crippen LogP) is 19.4. The van der Waals surface area contributed by atoms with Crippen molar-refractivity contribution in [3.8, 4) is 191 Å². The SMILES string of the molecule is N#Cc1cccc(-c2ccc(-c3cc(-c4nc(-c5ccccc5)nc(-c5ccccc5)n4)ccc3-n3c4ccc(-c5c(C#N)cc(C#N)cc5C#N)cc4c4cc(-c5c(C#N)cc(C#N)cc5C#N)ccc43)c(-n3c4ccc(-c5c(C#N)cc(C#N)cc5C#N)cc4c4cc(-c5c(C#N)cc(C#N)cc5C#N)ccc43)c2)c1. The van der Waals surface area contributed by atoms with Crippen LogP contribution in [0.1, 0.15) is 72.3 Å². The fourth-order valence-electron chi connectivity index (χ4n) is 14.9. The van der Waals surface area contributed by atoms with Gasteiger partial charge < -0.3 is 9.13 Å². The average molecular weight is 1420 g/mol. The third-order valence-electron chi connectivity index (χ3n) is 19.8. The lowest BCUT2D eigenvalue weighted by molar-refractivity contribution is 1.07. The molecule has 506 valence electrons. The molecule has 0 atom stereocenters. The first-order valence-corrected chi connectivity index (χ1v) is 34.3. The molecule has 112 heavy (non-hydrogen) atoms. The van der Waals surface area contributed by atoms with Crippen LogP contribution in [0.2, 0.25) is 0 Å². The van der Waals surface area contributed by atoms with Gasteiger partial charge in [0.15, 0.2) is 17.5 Å². The lowest BCUT2D eigenvalue weighted by atomic mass is 9.91. The second-order valence-electron chi connectivity index (χ2n) is 25.9. The number of rotatable bonds is 11. The summed E-state index contributed by atoms with van der Waals surface area (Å²) >= 11 is 0. The Morgan fingerprint density at radius 3 is 0.821 bits per heavy atom. The summed E-state index contributed by atoms with van der Waals surface area (Å²) in [5.74, 6) is 1.06. The number of nitrogens with zero attached hydrogens (tertiary/aromatic N) is 18. The Hall–Kier alpha value is -18.2. The Labute approximate surface area is 638 Å². The molecule has 0 aliphatic rings. The van der Waals surface area contributed by atoms with E-state index in [-0.39, 0.29) is 89.0 Å². The van der Waals surface area contributed by atoms with Crippen molar-refractivity contribution in [1.82, 2.24) is 24.1 Å². The first-order chi connectivity index (χ1) is 54.9. The summed E-state index contributed by atoms with van der Waals surface area (Å²) in [7, 11) is 0. The third-order valence-corrected chi connectivity index (χ3v) is 19.8. The minimum Gasteiger partial charge on any atom is -0.309 e. The van der Waals surface area contributed by atoms with Crippen molar-refractivity contribution < 1.29 is 0 Å². The summed E-state index contributed by atoms with van der Waals surface area (Å²) in [4.78, 5) is 15.5. The van der Waals surface area contributed by atoms with Gasteiger partial charge in [-0.05, 0) is 167 Å². The normalized spacial score (nSPS) is 10.6. The van der Waals surface area contributed by atoms with Gasteiger partial charge in [0.2, 0.25) is 0 Å². The van der Waals surface area contributed by atoms with Crippen LogP contribution in [0.5, 0.6) is 0 Å². The van der Waals surface area contributed by atoms with E-state index in [1.54, 1.807) is 42.5 Å². The van der Waals surface area contributed by atoms with Crippen molar-refractivity contribution >= 4 is 43.6 Å². The molecule has 18 heteroatoms. The third kappa shape index (κ3) is 11.6. The second-order valence-corrected chi connectivity index (χ2v) is 25.9. The van der Waals surface area contributed by atoms with E-state index < -0.39 is 0 Å². The maximum Gasteiger partial charge on any atom is 0.164 e. The Bertz CT molecular complexity index is 6990. The fraction of sp³-hybridized carbons (Fsp3) is 0. The Morgan fingerprint density at radius 1 is 0.196 bits per heavy atom. The van der Waals surface area contributed by atoms with E-state index in [0.29, 0.717) is 139 Å². The van der Waals surface area contributed by atoms with E-state index in [1.807, 2.05) is 152 Å². The Morgan fingerprint density at radius 2 is 0.491 bits per heavy atom. The molecule has 0 saturated carbocycles. The van der Waals surface area contributed by atoms with Gasteiger partial charge in [-0.15, -0.1) is 0 Å². The summed E-state index contributed by atoms with van der Waals surface area (Å²) in [5.41, 5.74) is 12.2. The first-order valence-electron chi connectivity index (χ1n) is 34.3. The monoisotopic (exact) mass is 1420 g/mol. The van der Waals surface area contributed by atoms with Crippen molar-refractivity contribution in [3.05, 3.63) is 315 Å². The molecule has 0 bridgehead atoms. The highest BCUT2D eigenvalue weighted by Gasteiger charge is 2.28. The predicted molar refractivity (Wildman–Crippen MR) is 419 cm³/mol. The standard InChI is InChI=1S/C94H40N18/c95-41-54-8-7-13-61(26-54)62-14-20-76(87(40-62)112-85-23-17-65(90-72(50-104)31-57(44-98)32-73(90)51-105)37-80(85)81-38-66(18-24-86(81)112)91-74(52-106)33-58(45-99)34-75(91)53-107)77-39-67(94-109-92(59-9-3-1-4-10-59)108-93(110-94)60-11-5-2-6-12-60)19-25-82(77)111-83-21-15-63(88-68(46-100)27-55(42-96)28-69(88)47-101)35-78(83)79-36-64(16-22-84(79)111)89-70(48-102)29-56(43-97)30-71(89)49-103/h1-40H. The zero-order chi connectivity index (χ0) is 77.4. The topological polar surface area (TPSA) is 358 Å². The van der Waals surface area contributed by atoms with E-state index >= 15 is 0 Å². The molecule has 0 unspecified atom stereocenters. The molecule has 0 saturated heterocycles. The van der Waals surface area contributed by atoms with Crippen molar-refractivity contribution in [2.75, 3.05) is 0 Å². The van der Waals surface area contributed by atoms with Crippen LogP contribution < -0.4 is 0 Å². The van der Waals surface area contributed by atoms with E-state index in [4.69, 9.17) is 15.0 Å². The number of aromatic nitrogens is 5. The molecular formula is C94H40N18. The van der Waals surface area contributed by atoms with E-state index in [0.717, 1.165) is 0 Å². The molecule has 13 aromatic carbocycles. The number of nitriles is 13. The maximum absolute atomic E-state index is 10.8. The molecule has 0 fully saturated rings. The fourth-order valence-corrected chi connectivity index (χ4v) is 14.9. The van der Waals surface area contributed by atoms with Gasteiger partial charge in [-0.25, -0.2) is 15.0 Å². The van der Waals surface area contributed by atoms with Crippen molar-refractivity contribution in [2.24, 2.45) is 0 Å². The quantitative estimate of drug-likeness (QED) is 0.116. The van der Waals surface area contributed by atoms with Crippen LogP contribution in [0.3, 0.4) is 0 Å². The van der Waals surface area contributed by atoms with Gasteiger partial charge in [0.25, 0.3) is 0 Å². The minimum atomic E-state index is 0.0694. The Balaban J connectivity index is 1.06. The number of hydrogen-bond acceptors (Lipinski definition) is 16. The van der Waals surface area contributed by atoms with Gasteiger partial charge in [0, 0.05) is 71.6 Å². The molecule has 0 aliphatic heterocycles. The van der Waals surface area contributed by atoms with Gasteiger partial charge >= 0.3 is 0 Å². The van der Waals surface area contributed by atoms with Crippen LogP contribution in [-0.4, -0.2) is 24.1 Å². The van der Waals surface area contributed by atoms with Crippen LogP contribution in [-0.2, 0) is 0 Å². The van der Waals surface area contributed by atoms with Crippen LogP contribution in [0.15, 0.2) is 243 Å². The minimum absolute atomic E-state index is 0.0694. The van der Waals surface area contributed by atoms with Gasteiger partial charge in [-0.3, -0.25) is 0 Å². The van der Waals surface area contributed by atoms with Crippen LogP contribution in [0, 0.1) is 147 Å². The maximum atomic E-state index is 10.8. The smallest absolute Gasteiger partial charge is 0.164 e. The van der Waals surface area contributed by atoms with Gasteiger partial charge in [0.05, 0.1) is 185 Å². The lowest BCUT2D eigenvalue weighted by Crippen LogP contribution is -2.04. The summed E-state index contributed by atoms with van der Waals surface area (Å²) in [6.45, 7) is 0. The molecular weight excluding hydrogens is 1380 g/mol. The molecule has 3 heterocycles. The number of fused-ring (bicyclic) bond motifs is 6. The molecule has 0 radical (unpaired) electrons. The van der Waals surface area contributed by atoms with Gasteiger partial charge in [-0.2, -0.15) is 68.4 Å². The molecule has 3 aromatic heterocycles. The molecule has 0 N–H and O–H groups in total. The van der Waals surface area contributed by atoms with Crippen LogP contribution >= 0.6 is 0 Å². The summed E-state index contributed by atoms with van der Waals surface area (Å²) in [6.07, 6.45) is 0. The molecule has 18 nitrogen and oxygen atoms in total. The molecule has 0 aliphatic carbocycles. The van der Waals surface area contributed by atoms with Crippen molar-refractivity contribution in [2.45, 2.75) is 0 Å². The average Bonchev–Trinajstić information content (AvgIpc) is 1.55. The largest absolute Gasteiger partial charge is 0.309 e. The molecule has 0 amide bonds. The van der Waals surface area contributed by atoms with Crippen LogP contribution in [0.25, 0.3) is 156 Å². The highest BCUT2D eigenvalue weighted by molar-refractivity contribution is 6.15. The Kier molecular flexibility index (Phi) is 17.1. The first kappa shape index (κ1) is 68.3. The number of hydrogen-bond donors (Lipinski definition) is 0. The van der Waals surface area contributed by atoms with Crippen molar-refractivity contribution in [3.63, 3.8) is 0 Å². The van der Waals surface area contributed by atoms with Crippen LogP contribution in [0.4, 0.5) is 0 Å².